The molecule has 0 bridgehead atoms. The normalized spacial score (nSPS) is 12.4. The predicted molar refractivity (Wildman–Crippen MR) is 136 cm³/mol. The lowest BCUT2D eigenvalue weighted by Gasteiger charge is -2.19. The summed E-state index contributed by atoms with van der Waals surface area (Å²) in [6.45, 7) is 8.35. The first kappa shape index (κ1) is 25.5. The Morgan fingerprint density at radius 3 is 2.24 bits per heavy atom. The number of aryl methyl sites for hydroxylation is 1. The molecule has 3 aromatic rings. The number of rotatable bonds is 10. The molecule has 0 aromatic heterocycles. The molecule has 0 heterocycles. The Labute approximate surface area is 202 Å². The summed E-state index contributed by atoms with van der Waals surface area (Å²) in [4.78, 5) is 13.3. The molecule has 34 heavy (non-hydrogen) atoms. The largest absolute Gasteiger partial charge is 0.494 e. The lowest BCUT2D eigenvalue weighted by atomic mass is 10.0. The highest BCUT2D eigenvalue weighted by atomic mass is 32.2. The van der Waals surface area contributed by atoms with E-state index >= 15 is 0 Å². The molecular formula is C27H32N2O4S. The molecule has 6 nitrogen and oxygen atoms in total. The SMILES string of the molecule is CCOc1ccc(S(=O)(=O)N[C@@H](Cc2ccccc2)C(=O)Nc2ccc(C(C)C)cc2)cc1C. The molecule has 0 saturated carbocycles. The maximum absolute atomic E-state index is 13.2. The number of carbonyl (C=O) groups excluding carboxylic acids is 1. The summed E-state index contributed by atoms with van der Waals surface area (Å²) >= 11 is 0. The van der Waals surface area contributed by atoms with E-state index in [0.717, 1.165) is 11.1 Å². The van der Waals surface area contributed by atoms with E-state index in [4.69, 9.17) is 4.74 Å². The van der Waals surface area contributed by atoms with Crippen LogP contribution in [0, 0.1) is 6.92 Å². The average Bonchev–Trinajstić information content (AvgIpc) is 2.81. The zero-order valence-electron chi connectivity index (χ0n) is 20.0. The van der Waals surface area contributed by atoms with Gasteiger partial charge in [0.2, 0.25) is 15.9 Å². The summed E-state index contributed by atoms with van der Waals surface area (Å²) in [7, 11) is -3.96. The highest BCUT2D eigenvalue weighted by Gasteiger charge is 2.27. The van der Waals surface area contributed by atoms with Crippen LogP contribution in [-0.2, 0) is 21.2 Å². The highest BCUT2D eigenvalue weighted by Crippen LogP contribution is 2.23. The van der Waals surface area contributed by atoms with Gasteiger partial charge in [-0.1, -0.05) is 56.3 Å². The molecule has 180 valence electrons. The Hall–Kier alpha value is -3.16. The summed E-state index contributed by atoms with van der Waals surface area (Å²) in [5, 5.41) is 2.85. The van der Waals surface area contributed by atoms with Crippen molar-refractivity contribution in [1.29, 1.82) is 0 Å². The van der Waals surface area contributed by atoms with E-state index in [1.54, 1.807) is 19.1 Å². The third-order valence-electron chi connectivity index (χ3n) is 5.50. The minimum atomic E-state index is -3.96. The Morgan fingerprint density at radius 1 is 0.971 bits per heavy atom. The van der Waals surface area contributed by atoms with Gasteiger partial charge in [-0.3, -0.25) is 4.79 Å². The van der Waals surface area contributed by atoms with Gasteiger partial charge in [-0.05, 0) is 73.2 Å². The summed E-state index contributed by atoms with van der Waals surface area (Å²) in [6.07, 6.45) is 0.214. The second-order valence-corrected chi connectivity index (χ2v) is 10.2. The second kappa shape index (κ2) is 11.3. The molecule has 0 aliphatic carbocycles. The number of sulfonamides is 1. The van der Waals surface area contributed by atoms with E-state index in [2.05, 4.69) is 23.9 Å². The Kier molecular flexibility index (Phi) is 8.47. The molecule has 3 aromatic carbocycles. The molecule has 2 N–H and O–H groups in total. The fourth-order valence-corrected chi connectivity index (χ4v) is 4.86. The van der Waals surface area contributed by atoms with E-state index in [1.165, 1.54) is 6.07 Å². The smallest absolute Gasteiger partial charge is 0.242 e. The van der Waals surface area contributed by atoms with E-state index in [1.807, 2.05) is 61.5 Å². The highest BCUT2D eigenvalue weighted by molar-refractivity contribution is 7.89. The first-order valence-electron chi connectivity index (χ1n) is 11.4. The Balaban J connectivity index is 1.84. The topological polar surface area (TPSA) is 84.5 Å². The van der Waals surface area contributed by atoms with Crippen LogP contribution in [-0.4, -0.2) is 27.0 Å². The summed E-state index contributed by atoms with van der Waals surface area (Å²) in [5.74, 6) is 0.581. The first-order chi connectivity index (χ1) is 16.2. The third kappa shape index (κ3) is 6.68. The number of hydrogen-bond acceptors (Lipinski definition) is 4. The molecule has 0 saturated heterocycles. The van der Waals surface area contributed by atoms with Crippen molar-refractivity contribution in [3.63, 3.8) is 0 Å². The summed E-state index contributed by atoms with van der Waals surface area (Å²) in [5.41, 5.74) is 3.33. The lowest BCUT2D eigenvalue weighted by Crippen LogP contribution is -2.45. The molecule has 7 heteroatoms. The number of ether oxygens (including phenoxy) is 1. The zero-order chi connectivity index (χ0) is 24.7. The van der Waals surface area contributed by atoms with E-state index in [9.17, 15) is 13.2 Å². The fourth-order valence-electron chi connectivity index (χ4n) is 3.58. The molecule has 0 aliphatic rings. The van der Waals surface area contributed by atoms with Gasteiger partial charge in [0.15, 0.2) is 0 Å². The fraction of sp³-hybridized carbons (Fsp3) is 0.296. The van der Waals surface area contributed by atoms with Gasteiger partial charge in [-0.15, -0.1) is 0 Å². The van der Waals surface area contributed by atoms with Crippen molar-refractivity contribution in [2.24, 2.45) is 0 Å². The van der Waals surface area contributed by atoms with Gasteiger partial charge in [-0.25, -0.2) is 8.42 Å². The maximum atomic E-state index is 13.2. The summed E-state index contributed by atoms with van der Waals surface area (Å²) in [6, 6.07) is 20.6. The Bertz CT molecular complexity index is 1210. The van der Waals surface area contributed by atoms with Gasteiger partial charge in [0, 0.05) is 5.69 Å². The molecular weight excluding hydrogens is 448 g/mol. The van der Waals surface area contributed by atoms with Gasteiger partial charge in [-0.2, -0.15) is 4.72 Å². The molecule has 1 amide bonds. The van der Waals surface area contributed by atoms with Crippen molar-refractivity contribution < 1.29 is 17.9 Å². The summed E-state index contributed by atoms with van der Waals surface area (Å²) < 4.78 is 34.5. The first-order valence-corrected chi connectivity index (χ1v) is 12.9. The van der Waals surface area contributed by atoms with Crippen LogP contribution in [0.3, 0.4) is 0 Å². The molecule has 0 unspecified atom stereocenters. The monoisotopic (exact) mass is 480 g/mol. The van der Waals surface area contributed by atoms with Crippen molar-refractivity contribution >= 4 is 21.6 Å². The number of hydrogen-bond donors (Lipinski definition) is 2. The van der Waals surface area contributed by atoms with Crippen LogP contribution in [0.15, 0.2) is 77.7 Å². The van der Waals surface area contributed by atoms with Crippen LogP contribution in [0.25, 0.3) is 0 Å². The van der Waals surface area contributed by atoms with Gasteiger partial charge in [0.05, 0.1) is 11.5 Å². The van der Waals surface area contributed by atoms with E-state index < -0.39 is 22.0 Å². The lowest BCUT2D eigenvalue weighted by molar-refractivity contribution is -0.117. The van der Waals surface area contributed by atoms with E-state index in [-0.39, 0.29) is 11.3 Å². The molecule has 0 spiro atoms. The van der Waals surface area contributed by atoms with Crippen LogP contribution in [0.2, 0.25) is 0 Å². The van der Waals surface area contributed by atoms with Crippen molar-refractivity contribution in [2.75, 3.05) is 11.9 Å². The van der Waals surface area contributed by atoms with E-state index in [0.29, 0.717) is 29.5 Å². The molecule has 0 radical (unpaired) electrons. The number of carbonyl (C=O) groups is 1. The number of nitrogens with one attached hydrogen (secondary N) is 2. The van der Waals surface area contributed by atoms with Crippen molar-refractivity contribution in [2.45, 2.75) is 51.0 Å². The quantitative estimate of drug-likeness (QED) is 0.426. The minimum absolute atomic E-state index is 0.0839. The van der Waals surface area contributed by atoms with Crippen LogP contribution < -0.4 is 14.8 Å². The van der Waals surface area contributed by atoms with Crippen LogP contribution in [0.5, 0.6) is 5.75 Å². The van der Waals surface area contributed by atoms with Gasteiger partial charge in [0.1, 0.15) is 11.8 Å². The van der Waals surface area contributed by atoms with Crippen LogP contribution in [0.4, 0.5) is 5.69 Å². The standard InChI is InChI=1S/C27H32N2O4S/c1-5-33-26-16-15-24(17-20(26)4)34(31,32)29-25(18-21-9-7-6-8-10-21)27(30)28-23-13-11-22(12-14-23)19(2)3/h6-17,19,25,29H,5,18H2,1-4H3,(H,28,30)/t25-/m0/s1. The van der Waals surface area contributed by atoms with Crippen molar-refractivity contribution in [1.82, 2.24) is 4.72 Å². The maximum Gasteiger partial charge on any atom is 0.242 e. The van der Waals surface area contributed by atoms with Gasteiger partial charge < -0.3 is 10.1 Å². The van der Waals surface area contributed by atoms with Crippen molar-refractivity contribution in [3.8, 4) is 5.75 Å². The number of amides is 1. The second-order valence-electron chi connectivity index (χ2n) is 8.49. The van der Waals surface area contributed by atoms with Gasteiger partial charge in [0.25, 0.3) is 0 Å². The molecule has 0 aliphatic heterocycles. The van der Waals surface area contributed by atoms with Crippen LogP contribution in [0.1, 0.15) is 43.4 Å². The molecule has 0 fully saturated rings. The molecule has 3 rings (SSSR count). The number of benzene rings is 3. The minimum Gasteiger partial charge on any atom is -0.494 e. The molecule has 1 atom stereocenters. The Morgan fingerprint density at radius 2 is 1.65 bits per heavy atom. The third-order valence-corrected chi connectivity index (χ3v) is 6.97. The van der Waals surface area contributed by atoms with Crippen molar-refractivity contribution in [3.05, 3.63) is 89.5 Å². The van der Waals surface area contributed by atoms with Crippen LogP contribution >= 0.6 is 0 Å². The average molecular weight is 481 g/mol. The predicted octanol–water partition coefficient (Wildman–Crippen LogP) is 5.05. The van der Waals surface area contributed by atoms with Gasteiger partial charge >= 0.3 is 0 Å². The zero-order valence-corrected chi connectivity index (χ0v) is 20.9. The number of anilines is 1.